The highest BCUT2D eigenvalue weighted by Gasteiger charge is 2.28. The first-order valence-corrected chi connectivity index (χ1v) is 7.79. The zero-order valence-electron chi connectivity index (χ0n) is 11.6. The van der Waals surface area contributed by atoms with Crippen LogP contribution in [-0.2, 0) is 0 Å². The van der Waals surface area contributed by atoms with Gasteiger partial charge in [0, 0.05) is 23.5 Å². The summed E-state index contributed by atoms with van der Waals surface area (Å²) in [6, 6.07) is 5.40. The molecule has 1 saturated carbocycles. The SMILES string of the molecule is COc1cc(Cl)ccc1C(=O)N(CCCl)C1CCCC1. The van der Waals surface area contributed by atoms with Crippen LogP contribution in [0.25, 0.3) is 0 Å². The second-order valence-electron chi connectivity index (χ2n) is 4.97. The quantitative estimate of drug-likeness (QED) is 0.769. The predicted molar refractivity (Wildman–Crippen MR) is 82.0 cm³/mol. The molecule has 0 aromatic heterocycles. The molecular weight excluding hydrogens is 297 g/mol. The van der Waals surface area contributed by atoms with E-state index in [0.29, 0.717) is 34.8 Å². The van der Waals surface area contributed by atoms with Crippen LogP contribution in [0.2, 0.25) is 5.02 Å². The van der Waals surface area contributed by atoms with Crippen molar-refractivity contribution in [2.45, 2.75) is 31.7 Å². The molecule has 1 aliphatic rings. The first-order chi connectivity index (χ1) is 9.67. The zero-order valence-corrected chi connectivity index (χ0v) is 13.1. The van der Waals surface area contributed by atoms with E-state index in [4.69, 9.17) is 27.9 Å². The van der Waals surface area contributed by atoms with Crippen LogP contribution in [0.15, 0.2) is 18.2 Å². The molecule has 1 amide bonds. The van der Waals surface area contributed by atoms with Crippen molar-refractivity contribution in [3.63, 3.8) is 0 Å². The molecule has 3 nitrogen and oxygen atoms in total. The maximum Gasteiger partial charge on any atom is 0.257 e. The summed E-state index contributed by atoms with van der Waals surface area (Å²) < 4.78 is 5.27. The van der Waals surface area contributed by atoms with Gasteiger partial charge in [-0.05, 0) is 31.0 Å². The molecule has 0 radical (unpaired) electrons. The Hall–Kier alpha value is -0.930. The van der Waals surface area contributed by atoms with Crippen LogP contribution in [0.3, 0.4) is 0 Å². The van der Waals surface area contributed by atoms with Gasteiger partial charge in [0.2, 0.25) is 0 Å². The molecule has 0 spiro atoms. The fraction of sp³-hybridized carbons (Fsp3) is 0.533. The molecular formula is C15H19Cl2NO2. The van der Waals surface area contributed by atoms with Gasteiger partial charge in [-0.3, -0.25) is 4.79 Å². The Balaban J connectivity index is 2.26. The highest BCUT2D eigenvalue weighted by Crippen LogP contribution is 2.29. The van der Waals surface area contributed by atoms with Gasteiger partial charge in [-0.15, -0.1) is 11.6 Å². The summed E-state index contributed by atoms with van der Waals surface area (Å²) in [4.78, 5) is 14.6. The molecule has 20 heavy (non-hydrogen) atoms. The van der Waals surface area contributed by atoms with Crippen LogP contribution in [0.5, 0.6) is 5.75 Å². The summed E-state index contributed by atoms with van der Waals surface area (Å²) in [6.45, 7) is 0.566. The first kappa shape index (κ1) is 15.5. The van der Waals surface area contributed by atoms with Gasteiger partial charge in [0.15, 0.2) is 0 Å². The van der Waals surface area contributed by atoms with Crippen molar-refractivity contribution in [2.75, 3.05) is 19.5 Å². The number of hydrogen-bond acceptors (Lipinski definition) is 2. The standard InChI is InChI=1S/C15H19Cl2NO2/c1-20-14-10-11(17)6-7-13(14)15(19)18(9-8-16)12-4-2-3-5-12/h6-7,10,12H,2-5,8-9H2,1H3. The molecule has 0 unspecified atom stereocenters. The minimum atomic E-state index is -0.0222. The molecule has 0 aliphatic heterocycles. The van der Waals surface area contributed by atoms with E-state index in [1.807, 2.05) is 4.90 Å². The summed E-state index contributed by atoms with van der Waals surface area (Å²) in [7, 11) is 1.55. The van der Waals surface area contributed by atoms with E-state index in [-0.39, 0.29) is 5.91 Å². The fourth-order valence-electron chi connectivity index (χ4n) is 2.75. The van der Waals surface area contributed by atoms with Crippen molar-refractivity contribution in [1.82, 2.24) is 4.90 Å². The summed E-state index contributed by atoms with van der Waals surface area (Å²) in [6.07, 6.45) is 4.46. The molecule has 2 rings (SSSR count). The topological polar surface area (TPSA) is 29.5 Å². The van der Waals surface area contributed by atoms with Crippen LogP contribution in [0.1, 0.15) is 36.0 Å². The summed E-state index contributed by atoms with van der Waals surface area (Å²) in [5, 5.41) is 0.558. The number of carbonyl (C=O) groups excluding carboxylic acids is 1. The van der Waals surface area contributed by atoms with Crippen molar-refractivity contribution < 1.29 is 9.53 Å². The predicted octanol–water partition coefficient (Wildman–Crippen LogP) is 3.97. The Labute approximate surface area is 129 Å². The zero-order chi connectivity index (χ0) is 14.5. The van der Waals surface area contributed by atoms with Gasteiger partial charge in [-0.2, -0.15) is 0 Å². The van der Waals surface area contributed by atoms with Crippen molar-refractivity contribution in [2.24, 2.45) is 0 Å². The van der Waals surface area contributed by atoms with E-state index < -0.39 is 0 Å². The van der Waals surface area contributed by atoms with Crippen molar-refractivity contribution in [3.05, 3.63) is 28.8 Å². The monoisotopic (exact) mass is 315 g/mol. The van der Waals surface area contributed by atoms with E-state index in [1.54, 1.807) is 25.3 Å². The van der Waals surface area contributed by atoms with Gasteiger partial charge < -0.3 is 9.64 Å². The van der Waals surface area contributed by atoms with E-state index >= 15 is 0 Å². The highest BCUT2D eigenvalue weighted by molar-refractivity contribution is 6.30. The molecule has 0 N–H and O–H groups in total. The van der Waals surface area contributed by atoms with Crippen LogP contribution in [-0.4, -0.2) is 36.4 Å². The lowest BCUT2D eigenvalue weighted by molar-refractivity contribution is 0.0691. The second-order valence-corrected chi connectivity index (χ2v) is 5.78. The summed E-state index contributed by atoms with van der Waals surface area (Å²) in [5.41, 5.74) is 0.550. The number of halogens is 2. The maximum atomic E-state index is 12.8. The largest absolute Gasteiger partial charge is 0.496 e. The molecule has 0 saturated heterocycles. The number of amides is 1. The number of ether oxygens (including phenoxy) is 1. The van der Waals surface area contributed by atoms with Crippen LogP contribution in [0.4, 0.5) is 0 Å². The Morgan fingerprint density at radius 1 is 1.40 bits per heavy atom. The minimum absolute atomic E-state index is 0.0222. The Morgan fingerprint density at radius 3 is 2.70 bits per heavy atom. The third kappa shape index (κ3) is 3.39. The third-order valence-corrected chi connectivity index (χ3v) is 4.15. The van der Waals surface area contributed by atoms with Crippen molar-refractivity contribution >= 4 is 29.1 Å². The smallest absolute Gasteiger partial charge is 0.257 e. The lowest BCUT2D eigenvalue weighted by Gasteiger charge is -2.29. The van der Waals surface area contributed by atoms with Gasteiger partial charge in [0.25, 0.3) is 5.91 Å². The normalized spacial score (nSPS) is 15.3. The van der Waals surface area contributed by atoms with Crippen molar-refractivity contribution in [1.29, 1.82) is 0 Å². The Morgan fingerprint density at radius 2 is 2.10 bits per heavy atom. The van der Waals surface area contributed by atoms with Gasteiger partial charge >= 0.3 is 0 Å². The van der Waals surface area contributed by atoms with Gasteiger partial charge in [-0.1, -0.05) is 24.4 Å². The average molecular weight is 316 g/mol. The first-order valence-electron chi connectivity index (χ1n) is 6.88. The lowest BCUT2D eigenvalue weighted by atomic mass is 10.1. The van der Waals surface area contributed by atoms with E-state index in [0.717, 1.165) is 12.8 Å². The molecule has 0 heterocycles. The molecule has 110 valence electrons. The number of hydrogen-bond donors (Lipinski definition) is 0. The molecule has 1 aromatic rings. The molecule has 5 heteroatoms. The third-order valence-electron chi connectivity index (χ3n) is 3.75. The van der Waals surface area contributed by atoms with Crippen LogP contribution < -0.4 is 4.74 Å². The second kappa shape index (κ2) is 7.19. The molecule has 1 fully saturated rings. The lowest BCUT2D eigenvalue weighted by Crippen LogP contribution is -2.40. The van der Waals surface area contributed by atoms with Gasteiger partial charge in [-0.25, -0.2) is 0 Å². The number of methoxy groups -OCH3 is 1. The molecule has 0 bridgehead atoms. The fourth-order valence-corrected chi connectivity index (χ4v) is 3.10. The Kier molecular flexibility index (Phi) is 5.55. The number of rotatable bonds is 5. The van der Waals surface area contributed by atoms with Crippen LogP contribution in [0, 0.1) is 0 Å². The summed E-state index contributed by atoms with van der Waals surface area (Å²) >= 11 is 11.8. The molecule has 1 aliphatic carbocycles. The molecule has 1 aromatic carbocycles. The van der Waals surface area contributed by atoms with Crippen molar-refractivity contribution in [3.8, 4) is 5.75 Å². The van der Waals surface area contributed by atoms with E-state index in [1.165, 1.54) is 12.8 Å². The number of carbonyl (C=O) groups is 1. The van der Waals surface area contributed by atoms with Gasteiger partial charge in [0.1, 0.15) is 5.75 Å². The van der Waals surface area contributed by atoms with E-state index in [9.17, 15) is 4.79 Å². The summed E-state index contributed by atoms with van der Waals surface area (Å²) in [5.74, 6) is 0.934. The van der Waals surface area contributed by atoms with Gasteiger partial charge in [0.05, 0.1) is 12.7 Å². The maximum absolute atomic E-state index is 12.8. The van der Waals surface area contributed by atoms with Crippen LogP contribution >= 0.6 is 23.2 Å². The minimum Gasteiger partial charge on any atom is -0.496 e. The average Bonchev–Trinajstić information content (AvgIpc) is 2.97. The number of alkyl halides is 1. The molecule has 0 atom stereocenters. The number of benzene rings is 1. The Bertz CT molecular complexity index is 473. The number of nitrogens with zero attached hydrogens (tertiary/aromatic N) is 1. The highest BCUT2D eigenvalue weighted by atomic mass is 35.5. The van der Waals surface area contributed by atoms with E-state index in [2.05, 4.69) is 0 Å².